The summed E-state index contributed by atoms with van der Waals surface area (Å²) in [5.74, 6) is 0.151. The molecule has 10 heteroatoms. The lowest BCUT2D eigenvalue weighted by molar-refractivity contribution is 0.104. The van der Waals surface area contributed by atoms with Gasteiger partial charge in [-0.05, 0) is 42.5 Å². The molecule has 0 aliphatic carbocycles. The third-order valence-corrected chi connectivity index (χ3v) is 5.05. The van der Waals surface area contributed by atoms with Gasteiger partial charge in [0.25, 0.3) is 10.0 Å². The lowest BCUT2D eigenvalue weighted by atomic mass is 10.2. The van der Waals surface area contributed by atoms with E-state index in [-0.39, 0.29) is 22.4 Å². The maximum absolute atomic E-state index is 12.4. The molecular weight excluding hydrogens is 394 g/mol. The number of methoxy groups -OCH3 is 1. The predicted octanol–water partition coefficient (Wildman–Crippen LogP) is 2.49. The van der Waals surface area contributed by atoms with Gasteiger partial charge in [-0.25, -0.2) is 8.42 Å². The number of aromatic nitrogens is 3. The van der Waals surface area contributed by atoms with Crippen LogP contribution in [-0.2, 0) is 10.0 Å². The van der Waals surface area contributed by atoms with E-state index in [1.165, 1.54) is 49.8 Å². The number of hydrogen-bond donors (Lipinski definition) is 2. The van der Waals surface area contributed by atoms with Crippen LogP contribution >= 0.6 is 0 Å². The first-order valence-corrected chi connectivity index (χ1v) is 9.84. The van der Waals surface area contributed by atoms with E-state index in [2.05, 4.69) is 25.2 Å². The fourth-order valence-electron chi connectivity index (χ4n) is 2.23. The number of anilines is 2. The largest absolute Gasteiger partial charge is 0.480 e. The molecule has 3 aromatic rings. The number of nitrogens with one attached hydrogen (secondary N) is 2. The minimum absolute atomic E-state index is 0.0519. The van der Waals surface area contributed by atoms with Gasteiger partial charge in [0.1, 0.15) is 0 Å². The summed E-state index contributed by atoms with van der Waals surface area (Å²) in [5.41, 5.74) is 1.09. The highest BCUT2D eigenvalue weighted by molar-refractivity contribution is 7.92. The van der Waals surface area contributed by atoms with Crippen LogP contribution in [0, 0.1) is 0 Å². The Labute approximate surface area is 167 Å². The van der Waals surface area contributed by atoms with Crippen LogP contribution in [0.4, 0.5) is 11.5 Å². The number of sulfonamides is 1. The van der Waals surface area contributed by atoms with Gasteiger partial charge in [-0.15, -0.1) is 10.2 Å². The van der Waals surface area contributed by atoms with Crippen molar-refractivity contribution in [3.63, 3.8) is 0 Å². The zero-order valence-corrected chi connectivity index (χ0v) is 16.1. The summed E-state index contributed by atoms with van der Waals surface area (Å²) in [5, 5.41) is 10.4. The molecule has 2 aromatic heterocycles. The van der Waals surface area contributed by atoms with Gasteiger partial charge in [-0.3, -0.25) is 14.5 Å². The molecule has 29 heavy (non-hydrogen) atoms. The Morgan fingerprint density at radius 2 is 1.86 bits per heavy atom. The van der Waals surface area contributed by atoms with Crippen LogP contribution in [0.25, 0.3) is 0 Å². The van der Waals surface area contributed by atoms with E-state index in [9.17, 15) is 13.2 Å². The van der Waals surface area contributed by atoms with Crippen LogP contribution in [0.15, 0.2) is 78.1 Å². The van der Waals surface area contributed by atoms with E-state index in [4.69, 9.17) is 4.74 Å². The number of ether oxygens (including phenoxy) is 1. The molecule has 3 rings (SSSR count). The standard InChI is InChI=1S/C19H17N5O4S/c1-28-19-9-8-18(22-23-19)24-29(26,27)16-6-4-15(5-7-16)21-12-10-17(25)14-3-2-11-20-13-14/h2-13,21H,1H3,(H,22,24)/b12-10+. The number of pyridine rings is 1. The highest BCUT2D eigenvalue weighted by Gasteiger charge is 2.15. The minimum Gasteiger partial charge on any atom is -0.480 e. The third-order valence-electron chi connectivity index (χ3n) is 3.68. The first-order valence-electron chi connectivity index (χ1n) is 8.36. The Morgan fingerprint density at radius 1 is 1.07 bits per heavy atom. The van der Waals surface area contributed by atoms with Gasteiger partial charge in [-0.1, -0.05) is 0 Å². The van der Waals surface area contributed by atoms with Crippen LogP contribution in [0.3, 0.4) is 0 Å². The molecule has 0 unspecified atom stereocenters. The molecule has 0 radical (unpaired) electrons. The molecule has 0 bridgehead atoms. The number of hydrogen-bond acceptors (Lipinski definition) is 8. The molecule has 0 amide bonds. The molecule has 148 valence electrons. The average Bonchev–Trinajstić information content (AvgIpc) is 2.75. The van der Waals surface area contributed by atoms with Gasteiger partial charge in [0.15, 0.2) is 11.6 Å². The summed E-state index contributed by atoms with van der Waals surface area (Å²) < 4.78 is 32.1. The summed E-state index contributed by atoms with van der Waals surface area (Å²) in [4.78, 5) is 15.9. The highest BCUT2D eigenvalue weighted by atomic mass is 32.2. The number of carbonyl (C=O) groups is 1. The van der Waals surface area contributed by atoms with Crippen LogP contribution in [0.5, 0.6) is 5.88 Å². The molecule has 0 atom stereocenters. The van der Waals surface area contributed by atoms with E-state index in [1.807, 2.05) is 0 Å². The summed E-state index contributed by atoms with van der Waals surface area (Å²) in [6.07, 6.45) is 5.91. The topological polar surface area (TPSA) is 123 Å². The number of benzene rings is 1. The van der Waals surface area contributed by atoms with Gasteiger partial charge in [0, 0.05) is 42.0 Å². The molecule has 2 heterocycles. The number of nitrogens with zero attached hydrogens (tertiary/aromatic N) is 3. The third kappa shape index (κ3) is 5.36. The Bertz CT molecular complexity index is 1100. The van der Waals surface area contributed by atoms with Crippen LogP contribution in [-0.4, -0.2) is 36.5 Å². The Balaban J connectivity index is 1.62. The number of ketones is 1. The second-order valence-electron chi connectivity index (χ2n) is 5.67. The minimum atomic E-state index is -3.82. The fraction of sp³-hybridized carbons (Fsp3) is 0.0526. The van der Waals surface area contributed by atoms with E-state index < -0.39 is 10.0 Å². The lowest BCUT2D eigenvalue weighted by Crippen LogP contribution is -2.14. The molecule has 0 saturated carbocycles. The summed E-state index contributed by atoms with van der Waals surface area (Å²) in [6, 6.07) is 12.3. The van der Waals surface area contributed by atoms with Crippen molar-refractivity contribution in [2.75, 3.05) is 17.1 Å². The smallest absolute Gasteiger partial charge is 0.263 e. The van der Waals surface area contributed by atoms with Crippen molar-refractivity contribution < 1.29 is 17.9 Å². The first-order chi connectivity index (χ1) is 14.0. The second kappa shape index (κ2) is 8.93. The zero-order chi connectivity index (χ0) is 20.7. The Morgan fingerprint density at radius 3 is 2.48 bits per heavy atom. The maximum Gasteiger partial charge on any atom is 0.263 e. The van der Waals surface area contributed by atoms with E-state index in [0.717, 1.165) is 0 Å². The SMILES string of the molecule is COc1ccc(NS(=O)(=O)c2ccc(N/C=C/C(=O)c3cccnc3)cc2)nn1. The normalized spacial score (nSPS) is 11.2. The van der Waals surface area contributed by atoms with Crippen molar-refractivity contribution in [3.05, 3.63) is 78.8 Å². The average molecular weight is 411 g/mol. The number of allylic oxidation sites excluding steroid dienone is 1. The predicted molar refractivity (Wildman–Crippen MR) is 107 cm³/mol. The molecule has 0 aliphatic heterocycles. The molecule has 0 saturated heterocycles. The van der Waals surface area contributed by atoms with E-state index >= 15 is 0 Å². The van der Waals surface area contributed by atoms with Gasteiger partial charge < -0.3 is 10.1 Å². The fourth-order valence-corrected chi connectivity index (χ4v) is 3.22. The Hall–Kier alpha value is -3.79. The zero-order valence-electron chi connectivity index (χ0n) is 15.3. The number of rotatable bonds is 8. The van der Waals surface area contributed by atoms with E-state index in [0.29, 0.717) is 11.3 Å². The molecule has 2 N–H and O–H groups in total. The van der Waals surface area contributed by atoms with Gasteiger partial charge in [0.2, 0.25) is 5.88 Å². The molecular formula is C19H17N5O4S. The molecule has 1 aromatic carbocycles. The summed E-state index contributed by atoms with van der Waals surface area (Å²) >= 11 is 0. The quantitative estimate of drug-likeness (QED) is 0.428. The van der Waals surface area contributed by atoms with Crippen molar-refractivity contribution in [2.45, 2.75) is 4.90 Å². The first kappa shape index (κ1) is 20.0. The van der Waals surface area contributed by atoms with Crippen molar-refractivity contribution in [2.24, 2.45) is 0 Å². The van der Waals surface area contributed by atoms with Gasteiger partial charge >= 0.3 is 0 Å². The van der Waals surface area contributed by atoms with E-state index in [1.54, 1.807) is 30.5 Å². The Kier molecular flexibility index (Phi) is 6.15. The monoisotopic (exact) mass is 411 g/mol. The summed E-state index contributed by atoms with van der Waals surface area (Å²) in [6.45, 7) is 0. The van der Waals surface area contributed by atoms with Gasteiger partial charge in [-0.2, -0.15) is 0 Å². The molecule has 0 aliphatic rings. The van der Waals surface area contributed by atoms with Crippen molar-refractivity contribution in [3.8, 4) is 5.88 Å². The van der Waals surface area contributed by atoms with Crippen LogP contribution in [0.1, 0.15) is 10.4 Å². The maximum atomic E-state index is 12.4. The van der Waals surface area contributed by atoms with Crippen molar-refractivity contribution >= 4 is 27.3 Å². The summed E-state index contributed by atoms with van der Waals surface area (Å²) in [7, 11) is -2.38. The van der Waals surface area contributed by atoms with Crippen molar-refractivity contribution in [1.82, 2.24) is 15.2 Å². The number of carbonyl (C=O) groups excluding carboxylic acids is 1. The molecule has 0 spiro atoms. The highest BCUT2D eigenvalue weighted by Crippen LogP contribution is 2.17. The van der Waals surface area contributed by atoms with Crippen LogP contribution in [0.2, 0.25) is 0 Å². The molecule has 0 fully saturated rings. The second-order valence-corrected chi connectivity index (χ2v) is 7.36. The molecule has 9 nitrogen and oxygen atoms in total. The van der Waals surface area contributed by atoms with Crippen LogP contribution < -0.4 is 14.8 Å². The van der Waals surface area contributed by atoms with Gasteiger partial charge in [0.05, 0.1) is 12.0 Å². The van der Waals surface area contributed by atoms with Crippen molar-refractivity contribution in [1.29, 1.82) is 0 Å². The lowest BCUT2D eigenvalue weighted by Gasteiger charge is -2.08.